The van der Waals surface area contributed by atoms with Gasteiger partial charge in [-0.1, -0.05) is 6.92 Å². The van der Waals surface area contributed by atoms with Gasteiger partial charge in [0.2, 0.25) is 0 Å². The van der Waals surface area contributed by atoms with Gasteiger partial charge in [0.25, 0.3) is 0 Å². The summed E-state index contributed by atoms with van der Waals surface area (Å²) >= 11 is 0. The normalized spacial score (nSPS) is 17.4. The van der Waals surface area contributed by atoms with Crippen molar-refractivity contribution in [2.45, 2.75) is 59.2 Å². The van der Waals surface area contributed by atoms with Gasteiger partial charge in [-0.2, -0.15) is 5.10 Å². The summed E-state index contributed by atoms with van der Waals surface area (Å²) in [7, 11) is 0. The number of aryl methyl sites for hydroxylation is 3. The fourth-order valence-electron chi connectivity index (χ4n) is 3.10. The van der Waals surface area contributed by atoms with Gasteiger partial charge in [0, 0.05) is 26.1 Å². The summed E-state index contributed by atoms with van der Waals surface area (Å²) in [6.07, 6.45) is 4.77. The summed E-state index contributed by atoms with van der Waals surface area (Å²) in [5.41, 5.74) is 0. The van der Waals surface area contributed by atoms with E-state index < -0.39 is 0 Å². The van der Waals surface area contributed by atoms with Crippen LogP contribution >= 0.6 is 0 Å². The number of rotatable bonds is 6. The molecular formula is C16H27N9. The van der Waals surface area contributed by atoms with Crippen LogP contribution in [0.2, 0.25) is 0 Å². The Hall–Kier alpha value is -2.45. The highest BCUT2D eigenvalue weighted by molar-refractivity contribution is 5.80. The first-order valence-electron chi connectivity index (χ1n) is 9.04. The van der Waals surface area contributed by atoms with Gasteiger partial charge in [-0.3, -0.25) is 4.99 Å². The van der Waals surface area contributed by atoms with E-state index in [4.69, 9.17) is 4.99 Å². The second-order valence-electron chi connectivity index (χ2n) is 6.13. The van der Waals surface area contributed by atoms with Crippen molar-refractivity contribution in [1.82, 2.24) is 40.2 Å². The fourth-order valence-corrected chi connectivity index (χ4v) is 3.10. The van der Waals surface area contributed by atoms with Crippen molar-refractivity contribution in [3.63, 3.8) is 0 Å². The van der Waals surface area contributed by atoms with Gasteiger partial charge in [-0.25, -0.2) is 9.67 Å². The first kappa shape index (κ1) is 17.4. The van der Waals surface area contributed by atoms with Crippen molar-refractivity contribution in [2.24, 2.45) is 4.99 Å². The lowest BCUT2D eigenvalue weighted by molar-refractivity contribution is 0.397. The highest BCUT2D eigenvalue weighted by Gasteiger charge is 2.24. The Kier molecular flexibility index (Phi) is 5.62. The van der Waals surface area contributed by atoms with Gasteiger partial charge in [0.15, 0.2) is 5.96 Å². The zero-order valence-corrected chi connectivity index (χ0v) is 15.2. The van der Waals surface area contributed by atoms with Crippen LogP contribution in [0.25, 0.3) is 0 Å². The molecule has 0 bridgehead atoms. The largest absolute Gasteiger partial charge is 0.357 e. The summed E-state index contributed by atoms with van der Waals surface area (Å²) in [6, 6.07) is 0.147. The van der Waals surface area contributed by atoms with Crippen LogP contribution in [-0.4, -0.2) is 48.6 Å². The average Bonchev–Trinajstić information content (AvgIpc) is 3.20. The van der Waals surface area contributed by atoms with Crippen LogP contribution < -0.4 is 10.6 Å². The summed E-state index contributed by atoms with van der Waals surface area (Å²) in [4.78, 5) is 9.27. The minimum atomic E-state index is 0.147. The molecule has 2 aromatic heterocycles. The Morgan fingerprint density at radius 3 is 3.08 bits per heavy atom. The second kappa shape index (κ2) is 8.09. The van der Waals surface area contributed by atoms with E-state index in [2.05, 4.69) is 44.8 Å². The molecule has 0 radical (unpaired) electrons. The maximum atomic E-state index is 4.70. The lowest BCUT2D eigenvalue weighted by Crippen LogP contribution is -2.41. The number of nitrogens with one attached hydrogen (secondary N) is 2. The Morgan fingerprint density at radius 1 is 1.40 bits per heavy atom. The quantitative estimate of drug-likeness (QED) is 0.594. The molecule has 1 aliphatic rings. The topological polar surface area (TPSA) is 97.8 Å². The lowest BCUT2D eigenvalue weighted by atomic mass is 10.1. The SMILES string of the molecule is CCNC(=NCCn1cnnc1CC)NC1CCCn2nc(C)nc21. The molecule has 2 aromatic rings. The van der Waals surface area contributed by atoms with E-state index in [1.807, 2.05) is 16.2 Å². The molecule has 0 amide bonds. The molecular weight excluding hydrogens is 318 g/mol. The van der Waals surface area contributed by atoms with E-state index in [9.17, 15) is 0 Å². The molecule has 9 nitrogen and oxygen atoms in total. The van der Waals surface area contributed by atoms with Crippen LogP contribution in [0.5, 0.6) is 0 Å². The van der Waals surface area contributed by atoms with Gasteiger partial charge < -0.3 is 15.2 Å². The molecule has 0 aliphatic carbocycles. The second-order valence-corrected chi connectivity index (χ2v) is 6.13. The number of aromatic nitrogens is 6. The van der Waals surface area contributed by atoms with Crippen molar-refractivity contribution >= 4 is 5.96 Å². The van der Waals surface area contributed by atoms with Crippen LogP contribution in [-0.2, 0) is 19.5 Å². The first-order chi connectivity index (χ1) is 12.2. The van der Waals surface area contributed by atoms with E-state index in [1.54, 1.807) is 6.33 Å². The third-order valence-electron chi connectivity index (χ3n) is 4.26. The molecule has 1 atom stereocenters. The van der Waals surface area contributed by atoms with Crippen LogP contribution in [0.15, 0.2) is 11.3 Å². The molecule has 0 saturated heterocycles. The summed E-state index contributed by atoms with van der Waals surface area (Å²) in [5.74, 6) is 3.63. The van der Waals surface area contributed by atoms with E-state index in [0.29, 0.717) is 6.54 Å². The Bertz CT molecular complexity index is 715. The highest BCUT2D eigenvalue weighted by atomic mass is 15.4. The van der Waals surface area contributed by atoms with Crippen molar-refractivity contribution in [3.8, 4) is 0 Å². The maximum Gasteiger partial charge on any atom is 0.191 e. The van der Waals surface area contributed by atoms with Crippen molar-refractivity contribution in [2.75, 3.05) is 13.1 Å². The van der Waals surface area contributed by atoms with E-state index in [1.165, 1.54) is 0 Å². The van der Waals surface area contributed by atoms with Crippen molar-refractivity contribution in [3.05, 3.63) is 23.8 Å². The molecule has 3 heterocycles. The Labute approximate surface area is 148 Å². The number of hydrogen-bond acceptors (Lipinski definition) is 5. The molecule has 1 unspecified atom stereocenters. The molecule has 2 N–H and O–H groups in total. The summed E-state index contributed by atoms with van der Waals surface area (Å²) < 4.78 is 4.05. The van der Waals surface area contributed by atoms with Crippen LogP contribution in [0, 0.1) is 6.92 Å². The third-order valence-corrected chi connectivity index (χ3v) is 4.26. The van der Waals surface area contributed by atoms with Gasteiger partial charge in [-0.05, 0) is 26.7 Å². The van der Waals surface area contributed by atoms with Gasteiger partial charge in [0.1, 0.15) is 23.8 Å². The maximum absolute atomic E-state index is 4.70. The molecule has 1 aliphatic heterocycles. The molecule has 136 valence electrons. The van der Waals surface area contributed by atoms with Crippen LogP contribution in [0.4, 0.5) is 0 Å². The van der Waals surface area contributed by atoms with Crippen LogP contribution in [0.3, 0.4) is 0 Å². The van der Waals surface area contributed by atoms with E-state index in [0.717, 1.165) is 62.3 Å². The molecule has 0 fully saturated rings. The molecule has 0 spiro atoms. The predicted molar refractivity (Wildman–Crippen MR) is 95.2 cm³/mol. The minimum Gasteiger partial charge on any atom is -0.357 e. The van der Waals surface area contributed by atoms with Gasteiger partial charge in [-0.15, -0.1) is 10.2 Å². The first-order valence-corrected chi connectivity index (χ1v) is 9.04. The van der Waals surface area contributed by atoms with Crippen molar-refractivity contribution in [1.29, 1.82) is 0 Å². The predicted octanol–water partition coefficient (Wildman–Crippen LogP) is 0.831. The molecule has 25 heavy (non-hydrogen) atoms. The van der Waals surface area contributed by atoms with E-state index in [-0.39, 0.29) is 6.04 Å². The zero-order valence-electron chi connectivity index (χ0n) is 15.2. The van der Waals surface area contributed by atoms with E-state index >= 15 is 0 Å². The zero-order chi connectivity index (χ0) is 17.6. The lowest BCUT2D eigenvalue weighted by Gasteiger charge is -2.25. The number of nitrogens with zero attached hydrogens (tertiary/aromatic N) is 7. The van der Waals surface area contributed by atoms with Gasteiger partial charge in [0.05, 0.1) is 12.6 Å². The Morgan fingerprint density at radius 2 is 2.28 bits per heavy atom. The minimum absolute atomic E-state index is 0.147. The summed E-state index contributed by atoms with van der Waals surface area (Å²) in [5, 5.41) is 19.4. The monoisotopic (exact) mass is 345 g/mol. The van der Waals surface area contributed by atoms with Crippen LogP contribution in [0.1, 0.15) is 50.2 Å². The Balaban J connectivity index is 1.65. The summed E-state index contributed by atoms with van der Waals surface area (Å²) in [6.45, 7) is 9.28. The average molecular weight is 345 g/mol. The number of guanidine groups is 1. The number of hydrogen-bond donors (Lipinski definition) is 2. The van der Waals surface area contributed by atoms with Gasteiger partial charge >= 0.3 is 0 Å². The fraction of sp³-hybridized carbons (Fsp3) is 0.688. The smallest absolute Gasteiger partial charge is 0.191 e. The molecule has 0 saturated carbocycles. The molecule has 3 rings (SSSR count). The number of fused-ring (bicyclic) bond motifs is 1. The third kappa shape index (κ3) is 4.15. The molecule has 9 heteroatoms. The molecule has 0 aromatic carbocycles. The van der Waals surface area contributed by atoms with Crippen molar-refractivity contribution < 1.29 is 0 Å². The standard InChI is InChI=1S/C16H27N9/c1-4-14-22-19-11-24(14)10-8-18-16(17-5-2)21-13-7-6-9-25-15(13)20-12(3)23-25/h11,13H,4-10H2,1-3H3,(H2,17,18,21). The highest BCUT2D eigenvalue weighted by Crippen LogP contribution is 2.22. The number of aliphatic imine (C=N–C) groups is 1.